The number of rotatable bonds is 6. The molecule has 0 fully saturated rings. The van der Waals surface area contributed by atoms with E-state index in [0.29, 0.717) is 5.69 Å². The Hall–Kier alpha value is -6.79. The first-order valence-electron chi connectivity index (χ1n) is 18.7. The monoisotopic (exact) mass is 735 g/mol. The highest BCUT2D eigenvalue weighted by Gasteiger charge is 2.31. The van der Waals surface area contributed by atoms with E-state index in [-0.39, 0.29) is 0 Å². The van der Waals surface area contributed by atoms with Crippen molar-refractivity contribution in [1.82, 2.24) is 4.40 Å². The van der Waals surface area contributed by atoms with Gasteiger partial charge < -0.3 is 14.2 Å². The highest BCUT2D eigenvalue weighted by Crippen LogP contribution is 2.47. The molecule has 0 saturated carbocycles. The van der Waals surface area contributed by atoms with Crippen molar-refractivity contribution in [3.05, 3.63) is 186 Å². The second-order valence-electron chi connectivity index (χ2n) is 14.8. The number of alkyl halides is 3. The number of aromatic nitrogens is 1. The first-order chi connectivity index (χ1) is 27.1. The fraction of sp³-hybridized carbons (Fsp3) is 0.0800. The third kappa shape index (κ3) is 5.43. The summed E-state index contributed by atoms with van der Waals surface area (Å²) in [7, 11) is 0. The summed E-state index contributed by atoms with van der Waals surface area (Å²) < 4.78 is 44.5. The third-order valence-electron chi connectivity index (χ3n) is 11.0. The summed E-state index contributed by atoms with van der Waals surface area (Å²) in [5.41, 5.74) is 11.3. The summed E-state index contributed by atoms with van der Waals surface area (Å²) in [6, 6.07) is 54.5. The summed E-state index contributed by atoms with van der Waals surface area (Å²) >= 11 is 0. The molecule has 0 atom stereocenters. The van der Waals surface area contributed by atoms with Gasteiger partial charge in [-0.3, -0.25) is 0 Å². The van der Waals surface area contributed by atoms with Gasteiger partial charge in [-0.15, -0.1) is 0 Å². The quantitative estimate of drug-likeness (QED) is 0.168. The lowest BCUT2D eigenvalue weighted by atomic mass is 9.99. The minimum absolute atomic E-state index is 0.439. The van der Waals surface area contributed by atoms with Crippen LogP contribution in [0.4, 0.5) is 47.3 Å². The lowest BCUT2D eigenvalue weighted by Crippen LogP contribution is -2.12. The van der Waals surface area contributed by atoms with Crippen molar-refractivity contribution in [2.24, 2.45) is 0 Å². The molecule has 0 radical (unpaired) electrons. The zero-order valence-corrected chi connectivity index (χ0v) is 31.1. The Morgan fingerprint density at radius 1 is 0.411 bits per heavy atom. The maximum atomic E-state index is 14.0. The maximum Gasteiger partial charge on any atom is 0.416 e. The smallest absolute Gasteiger partial charge is 0.310 e. The van der Waals surface area contributed by atoms with Gasteiger partial charge in [0.15, 0.2) is 0 Å². The fourth-order valence-electron chi connectivity index (χ4n) is 8.42. The van der Waals surface area contributed by atoms with Crippen LogP contribution in [-0.2, 0) is 6.18 Å². The van der Waals surface area contributed by atoms with E-state index in [4.69, 9.17) is 0 Å². The Balaban J connectivity index is 1.23. The molecule has 0 aliphatic carbocycles. The Labute approximate surface area is 322 Å². The fourth-order valence-corrected chi connectivity index (χ4v) is 8.42. The van der Waals surface area contributed by atoms with Crippen LogP contribution in [0.5, 0.6) is 0 Å². The standard InChI is InChI=1S/C50H36F3N3/c1-31-14-19-36(20-15-31)54(38-10-6-8-33(3)26-38)41-24-25-42-45-27-34-18-23-40(29-44(34)48-43-12-4-5-13-46(43)56(49(45)48)47(42)30-41)55(37-21-16-32(2)17-22-37)39-11-7-9-35(28-39)50(51,52)53/h4-30H,1-3H3. The summed E-state index contributed by atoms with van der Waals surface area (Å²) in [5, 5.41) is 6.65. The van der Waals surface area contributed by atoms with Gasteiger partial charge in [-0.25, -0.2) is 0 Å². The number of fused-ring (bicyclic) bond motifs is 8. The molecular weight excluding hydrogens is 700 g/mol. The average Bonchev–Trinajstić information content (AvgIpc) is 3.71. The number of anilines is 6. The molecule has 0 saturated heterocycles. The summed E-state index contributed by atoms with van der Waals surface area (Å²) in [6.45, 7) is 6.23. The van der Waals surface area contributed by atoms with E-state index in [1.165, 1.54) is 23.3 Å². The van der Waals surface area contributed by atoms with Gasteiger partial charge in [0.25, 0.3) is 0 Å². The Bertz CT molecular complexity index is 3100. The second-order valence-corrected chi connectivity index (χ2v) is 14.8. The van der Waals surface area contributed by atoms with Gasteiger partial charge in [-0.2, -0.15) is 13.2 Å². The zero-order chi connectivity index (χ0) is 38.3. The highest BCUT2D eigenvalue weighted by molar-refractivity contribution is 6.31. The van der Waals surface area contributed by atoms with E-state index in [2.05, 4.69) is 132 Å². The van der Waals surface area contributed by atoms with Gasteiger partial charge in [0.1, 0.15) is 0 Å². The molecule has 0 aliphatic rings. The summed E-state index contributed by atoms with van der Waals surface area (Å²) in [6.07, 6.45) is -4.47. The minimum atomic E-state index is -4.47. The Kier molecular flexibility index (Phi) is 7.62. The lowest BCUT2D eigenvalue weighted by molar-refractivity contribution is -0.137. The van der Waals surface area contributed by atoms with Crippen LogP contribution in [0.15, 0.2) is 164 Å². The molecule has 56 heavy (non-hydrogen) atoms. The van der Waals surface area contributed by atoms with Crippen LogP contribution in [0.1, 0.15) is 22.3 Å². The SMILES string of the molecule is Cc1ccc(N(c2cccc(C(F)(F)F)c2)c2ccc3cc4c5ccc(N(c6ccc(C)cc6)c6cccc(C)c6)cc5n5c6ccccc6c(c3c2)c45)cc1. The molecule has 0 bridgehead atoms. The van der Waals surface area contributed by atoms with E-state index >= 15 is 0 Å². The van der Waals surface area contributed by atoms with Crippen LogP contribution in [0.25, 0.3) is 48.9 Å². The first kappa shape index (κ1) is 33.8. The molecule has 10 rings (SSSR count). The van der Waals surface area contributed by atoms with Crippen molar-refractivity contribution in [3.63, 3.8) is 0 Å². The molecule has 3 nitrogen and oxygen atoms in total. The van der Waals surface area contributed by atoms with Crippen LogP contribution in [-0.4, -0.2) is 4.40 Å². The van der Waals surface area contributed by atoms with E-state index < -0.39 is 11.7 Å². The number of hydrogen-bond donors (Lipinski definition) is 0. The largest absolute Gasteiger partial charge is 0.416 e. The van der Waals surface area contributed by atoms with Gasteiger partial charge in [-0.05, 0) is 128 Å². The minimum Gasteiger partial charge on any atom is -0.310 e. The first-order valence-corrected chi connectivity index (χ1v) is 18.7. The summed E-state index contributed by atoms with van der Waals surface area (Å²) in [5.74, 6) is 0. The van der Waals surface area contributed by atoms with E-state index in [1.807, 2.05) is 42.2 Å². The molecule has 6 heteroatoms. The molecule has 0 unspecified atom stereocenters. The molecule has 272 valence electrons. The maximum absolute atomic E-state index is 14.0. The zero-order valence-electron chi connectivity index (χ0n) is 31.1. The van der Waals surface area contributed by atoms with Crippen molar-refractivity contribution in [2.75, 3.05) is 9.80 Å². The van der Waals surface area contributed by atoms with Crippen molar-refractivity contribution in [1.29, 1.82) is 0 Å². The van der Waals surface area contributed by atoms with Gasteiger partial charge in [-0.1, -0.05) is 83.9 Å². The molecule has 0 amide bonds. The van der Waals surface area contributed by atoms with Crippen LogP contribution in [0.2, 0.25) is 0 Å². The van der Waals surface area contributed by atoms with Crippen molar-refractivity contribution >= 4 is 83.0 Å². The van der Waals surface area contributed by atoms with Crippen molar-refractivity contribution < 1.29 is 13.2 Å². The van der Waals surface area contributed by atoms with Crippen LogP contribution >= 0.6 is 0 Å². The van der Waals surface area contributed by atoms with Gasteiger partial charge in [0.05, 0.1) is 22.1 Å². The molecule has 0 spiro atoms. The number of hydrogen-bond acceptors (Lipinski definition) is 2. The average molecular weight is 736 g/mol. The van der Waals surface area contributed by atoms with E-state index in [9.17, 15) is 13.2 Å². The number of aryl methyl sites for hydroxylation is 3. The Morgan fingerprint density at radius 3 is 1.68 bits per heavy atom. The predicted octanol–water partition coefficient (Wildman–Crippen LogP) is 14.9. The van der Waals surface area contributed by atoms with Crippen LogP contribution in [0.3, 0.4) is 0 Å². The Morgan fingerprint density at radius 2 is 1.00 bits per heavy atom. The molecule has 10 aromatic rings. The third-order valence-corrected chi connectivity index (χ3v) is 11.0. The number of nitrogens with zero attached hydrogens (tertiary/aromatic N) is 3. The topological polar surface area (TPSA) is 10.9 Å². The molecule has 2 heterocycles. The van der Waals surface area contributed by atoms with Gasteiger partial charge >= 0.3 is 6.18 Å². The number of para-hydroxylation sites is 1. The predicted molar refractivity (Wildman–Crippen MR) is 227 cm³/mol. The molecule has 8 aromatic carbocycles. The number of benzene rings is 8. The molecule has 2 aromatic heterocycles. The highest BCUT2D eigenvalue weighted by atomic mass is 19.4. The molecule has 0 N–H and O–H groups in total. The van der Waals surface area contributed by atoms with E-state index in [0.717, 1.165) is 88.9 Å². The number of halogens is 3. The van der Waals surface area contributed by atoms with Gasteiger partial charge in [0.2, 0.25) is 0 Å². The molecular formula is C50H36F3N3. The van der Waals surface area contributed by atoms with Crippen LogP contribution < -0.4 is 9.80 Å². The van der Waals surface area contributed by atoms with Crippen molar-refractivity contribution in [3.8, 4) is 0 Å². The normalized spacial score (nSPS) is 12.1. The summed E-state index contributed by atoms with van der Waals surface area (Å²) in [4.78, 5) is 4.23. The van der Waals surface area contributed by atoms with Gasteiger partial charge in [0, 0.05) is 55.7 Å². The van der Waals surface area contributed by atoms with Crippen molar-refractivity contribution in [2.45, 2.75) is 26.9 Å². The van der Waals surface area contributed by atoms with E-state index in [1.54, 1.807) is 6.07 Å². The lowest BCUT2D eigenvalue weighted by Gasteiger charge is -2.27. The molecule has 0 aliphatic heterocycles. The van der Waals surface area contributed by atoms with Crippen LogP contribution in [0, 0.1) is 20.8 Å². The second kappa shape index (κ2) is 12.6.